The summed E-state index contributed by atoms with van der Waals surface area (Å²) >= 11 is 6.12. The number of nitrogens with one attached hydrogen (secondary N) is 1. The molecule has 3 atom stereocenters. The minimum atomic E-state index is -1.03. The molecule has 1 saturated heterocycles. The van der Waals surface area contributed by atoms with Crippen molar-refractivity contribution in [2.24, 2.45) is 0 Å². The summed E-state index contributed by atoms with van der Waals surface area (Å²) in [7, 11) is 1.81. The molecule has 9 heteroatoms. The Morgan fingerprint density at radius 3 is 2.87 bits per heavy atom. The van der Waals surface area contributed by atoms with E-state index < -0.39 is 5.97 Å². The Morgan fingerprint density at radius 2 is 2.13 bits per heavy atom. The van der Waals surface area contributed by atoms with E-state index >= 15 is 0 Å². The van der Waals surface area contributed by atoms with E-state index in [9.17, 15) is 14.7 Å². The molecule has 8 nitrogen and oxygen atoms in total. The van der Waals surface area contributed by atoms with Crippen LogP contribution in [0.15, 0.2) is 30.5 Å². The first-order chi connectivity index (χ1) is 14.8. The number of nitrogens with zero attached hydrogens (tertiary/aromatic N) is 4. The Balaban J connectivity index is 1.35. The number of rotatable bonds is 5. The lowest BCUT2D eigenvalue weighted by Gasteiger charge is -2.38. The van der Waals surface area contributed by atoms with Crippen LogP contribution < -0.4 is 10.2 Å². The molecule has 1 aromatic heterocycles. The SMILES string of the molecule is Cc1cc([C@@H]2C[C@H]2NC(=O)N(C)[C@@H]2CCCN(c3cc(C(=O)O)cnn3)C2)ccc1Cl. The molecule has 0 radical (unpaired) electrons. The highest BCUT2D eigenvalue weighted by Crippen LogP contribution is 2.41. The standard InChI is InChI=1S/C22H26ClN5O3/c1-13-8-14(5-6-18(13)23)17-10-19(17)25-22(31)27(2)16-4-3-7-28(12-16)20-9-15(21(29)30)11-24-26-20/h5-6,8-9,11,16-17,19H,3-4,7,10,12H2,1-2H3,(H,25,31)(H,29,30)/t16-,17+,19-/m1/s1. The van der Waals surface area contributed by atoms with Crippen molar-refractivity contribution in [2.45, 2.75) is 44.2 Å². The van der Waals surface area contributed by atoms with Crippen molar-refractivity contribution in [3.63, 3.8) is 0 Å². The van der Waals surface area contributed by atoms with Gasteiger partial charge in [-0.05, 0) is 49.4 Å². The van der Waals surface area contributed by atoms with Crippen molar-refractivity contribution >= 4 is 29.4 Å². The van der Waals surface area contributed by atoms with Crippen LogP contribution in [0.1, 0.15) is 46.7 Å². The number of urea groups is 1. The number of hydrogen-bond donors (Lipinski definition) is 2. The highest BCUT2D eigenvalue weighted by Gasteiger charge is 2.40. The highest BCUT2D eigenvalue weighted by molar-refractivity contribution is 6.31. The summed E-state index contributed by atoms with van der Waals surface area (Å²) in [6.45, 7) is 3.33. The van der Waals surface area contributed by atoms with Gasteiger partial charge < -0.3 is 20.2 Å². The van der Waals surface area contributed by atoms with Gasteiger partial charge in [-0.3, -0.25) is 0 Å². The second-order valence-corrected chi connectivity index (χ2v) is 8.77. The predicted molar refractivity (Wildman–Crippen MR) is 118 cm³/mol. The summed E-state index contributed by atoms with van der Waals surface area (Å²) in [5, 5.41) is 21.0. The quantitative estimate of drug-likeness (QED) is 0.735. The summed E-state index contributed by atoms with van der Waals surface area (Å²) in [6.07, 6.45) is 3.93. The highest BCUT2D eigenvalue weighted by atomic mass is 35.5. The third-order valence-electron chi connectivity index (χ3n) is 6.19. The normalized spacial score (nSPS) is 22.7. The van der Waals surface area contributed by atoms with Gasteiger partial charge in [0.25, 0.3) is 0 Å². The molecule has 2 heterocycles. The molecule has 31 heavy (non-hydrogen) atoms. The molecule has 2 fully saturated rings. The number of carboxylic acid groups (broad SMARTS) is 1. The van der Waals surface area contributed by atoms with Gasteiger partial charge in [-0.15, -0.1) is 5.10 Å². The van der Waals surface area contributed by atoms with Gasteiger partial charge in [0.15, 0.2) is 5.82 Å². The van der Waals surface area contributed by atoms with E-state index in [4.69, 9.17) is 11.6 Å². The van der Waals surface area contributed by atoms with Crippen LogP contribution in [0.2, 0.25) is 5.02 Å². The molecule has 1 aliphatic carbocycles. The van der Waals surface area contributed by atoms with Crippen molar-refractivity contribution < 1.29 is 14.7 Å². The maximum Gasteiger partial charge on any atom is 0.337 e. The first-order valence-corrected chi connectivity index (χ1v) is 10.8. The van der Waals surface area contributed by atoms with Crippen LogP contribution >= 0.6 is 11.6 Å². The van der Waals surface area contributed by atoms with Gasteiger partial charge in [0, 0.05) is 37.1 Å². The Labute approximate surface area is 186 Å². The number of aromatic nitrogens is 2. The minimum absolute atomic E-state index is 0.0130. The molecule has 4 rings (SSSR count). The summed E-state index contributed by atoms with van der Waals surface area (Å²) < 4.78 is 0. The maximum atomic E-state index is 12.8. The van der Waals surface area contributed by atoms with Crippen molar-refractivity contribution in [1.29, 1.82) is 0 Å². The number of anilines is 1. The number of piperidine rings is 1. The number of hydrogen-bond acceptors (Lipinski definition) is 5. The Morgan fingerprint density at radius 1 is 1.32 bits per heavy atom. The number of carboxylic acids is 1. The number of aryl methyl sites for hydroxylation is 1. The molecule has 1 aromatic carbocycles. The average Bonchev–Trinajstić information content (AvgIpc) is 3.54. The first kappa shape index (κ1) is 21.4. The second-order valence-electron chi connectivity index (χ2n) is 8.37. The predicted octanol–water partition coefficient (Wildman–Crippen LogP) is 3.30. The summed E-state index contributed by atoms with van der Waals surface area (Å²) in [5.41, 5.74) is 2.36. The number of benzene rings is 1. The smallest absolute Gasteiger partial charge is 0.337 e. The fourth-order valence-corrected chi connectivity index (χ4v) is 4.27. The molecular formula is C22H26ClN5O3. The number of aromatic carboxylic acids is 1. The van der Waals surface area contributed by atoms with Crippen molar-refractivity contribution in [3.05, 3.63) is 52.2 Å². The lowest BCUT2D eigenvalue weighted by Crippen LogP contribution is -2.52. The Kier molecular flexibility index (Phi) is 6.00. The van der Waals surface area contributed by atoms with Gasteiger partial charge in [-0.1, -0.05) is 23.7 Å². The van der Waals surface area contributed by atoms with Crippen LogP contribution in [0.5, 0.6) is 0 Å². The van der Waals surface area contributed by atoms with Crippen LogP contribution in [0.4, 0.5) is 10.6 Å². The molecule has 2 amide bonds. The Bertz CT molecular complexity index is 1000. The monoisotopic (exact) mass is 443 g/mol. The number of carbonyl (C=O) groups excluding carboxylic acids is 1. The third-order valence-corrected chi connectivity index (χ3v) is 6.61. The molecule has 2 aliphatic rings. The van der Waals surface area contributed by atoms with Gasteiger partial charge in [0.1, 0.15) is 0 Å². The average molecular weight is 444 g/mol. The molecule has 0 spiro atoms. The number of halogens is 1. The van der Waals surface area contributed by atoms with Gasteiger partial charge in [-0.25, -0.2) is 9.59 Å². The summed E-state index contributed by atoms with van der Waals surface area (Å²) in [4.78, 5) is 27.8. The van der Waals surface area contributed by atoms with Crippen LogP contribution in [-0.4, -0.2) is 64.4 Å². The zero-order valence-electron chi connectivity index (χ0n) is 17.6. The van der Waals surface area contributed by atoms with Crippen molar-refractivity contribution in [3.8, 4) is 0 Å². The van der Waals surface area contributed by atoms with Gasteiger partial charge in [-0.2, -0.15) is 5.10 Å². The van der Waals surface area contributed by atoms with E-state index in [2.05, 4.69) is 21.6 Å². The summed E-state index contributed by atoms with van der Waals surface area (Å²) in [6, 6.07) is 7.62. The lowest BCUT2D eigenvalue weighted by atomic mass is 10.0. The van der Waals surface area contributed by atoms with Gasteiger partial charge >= 0.3 is 12.0 Å². The molecule has 0 bridgehead atoms. The van der Waals surface area contributed by atoms with Crippen LogP contribution in [0.25, 0.3) is 0 Å². The third kappa shape index (κ3) is 4.74. The minimum Gasteiger partial charge on any atom is -0.478 e. The Hall–Kier alpha value is -2.87. The zero-order chi connectivity index (χ0) is 22.1. The van der Waals surface area contributed by atoms with Crippen molar-refractivity contribution in [1.82, 2.24) is 20.4 Å². The van der Waals surface area contributed by atoms with E-state index in [1.54, 1.807) is 4.90 Å². The summed E-state index contributed by atoms with van der Waals surface area (Å²) in [5.74, 6) is -0.181. The zero-order valence-corrected chi connectivity index (χ0v) is 18.3. The van der Waals surface area contributed by atoms with E-state index in [1.807, 2.05) is 31.0 Å². The molecule has 164 valence electrons. The van der Waals surface area contributed by atoms with E-state index in [-0.39, 0.29) is 23.7 Å². The molecule has 0 unspecified atom stereocenters. The lowest BCUT2D eigenvalue weighted by molar-refractivity contribution is 0.0696. The van der Waals surface area contributed by atoms with E-state index in [0.29, 0.717) is 18.3 Å². The molecular weight excluding hydrogens is 418 g/mol. The second kappa shape index (κ2) is 8.70. The van der Waals surface area contributed by atoms with E-state index in [0.717, 1.165) is 36.4 Å². The molecule has 1 aliphatic heterocycles. The van der Waals surface area contributed by atoms with Crippen LogP contribution in [-0.2, 0) is 0 Å². The van der Waals surface area contributed by atoms with Gasteiger partial charge in [0.05, 0.1) is 17.8 Å². The fourth-order valence-electron chi connectivity index (χ4n) is 4.15. The molecule has 2 aromatic rings. The number of likely N-dealkylation sites (N-methyl/N-ethyl adjacent to an activating group) is 1. The maximum absolute atomic E-state index is 12.8. The fraction of sp³-hybridized carbons (Fsp3) is 0.455. The molecule has 2 N–H and O–H groups in total. The topological polar surface area (TPSA) is 98.7 Å². The number of amides is 2. The molecule has 1 saturated carbocycles. The first-order valence-electron chi connectivity index (χ1n) is 10.4. The van der Waals surface area contributed by atoms with E-state index in [1.165, 1.54) is 17.8 Å². The van der Waals surface area contributed by atoms with Gasteiger partial charge in [0.2, 0.25) is 0 Å². The van der Waals surface area contributed by atoms with Crippen LogP contribution in [0, 0.1) is 6.92 Å². The number of carbonyl (C=O) groups is 2. The van der Waals surface area contributed by atoms with Crippen LogP contribution in [0.3, 0.4) is 0 Å². The largest absolute Gasteiger partial charge is 0.478 e. The van der Waals surface area contributed by atoms with Crippen molar-refractivity contribution in [2.75, 3.05) is 25.0 Å².